The van der Waals surface area contributed by atoms with Crippen LogP contribution in [0.15, 0.2) is 26.4 Å². The van der Waals surface area contributed by atoms with Gasteiger partial charge in [-0.3, -0.25) is 10.1 Å². The summed E-state index contributed by atoms with van der Waals surface area (Å²) in [5.41, 5.74) is 0.269. The van der Waals surface area contributed by atoms with Crippen LogP contribution in [0.2, 0.25) is 8.67 Å². The Morgan fingerprint density at radius 1 is 1.29 bits per heavy atom. The first-order valence-corrected chi connectivity index (χ1v) is 8.56. The Hall–Kier alpha value is -0.930. The lowest BCUT2D eigenvalue weighted by atomic mass is 10.3. The molecule has 0 aliphatic rings. The molecule has 10 heteroatoms. The summed E-state index contributed by atoms with van der Waals surface area (Å²) in [6, 6.07) is 5.19. The number of carbonyl (C=O) groups is 1. The van der Waals surface area contributed by atoms with Crippen LogP contribution in [0.5, 0.6) is 0 Å². The van der Waals surface area contributed by atoms with Crippen molar-refractivity contribution in [2.24, 2.45) is 0 Å². The standard InChI is InChI=1S/C11H4BrCl2N3O2S2/c12-6-2-1-5(20-6)10-16-17-11(19-10)15-9(18)4-3-7(13)21-8(4)14/h1-3H,(H,15,17,18). The van der Waals surface area contributed by atoms with E-state index in [0.29, 0.717) is 14.6 Å². The smallest absolute Gasteiger partial charge is 0.322 e. The van der Waals surface area contributed by atoms with E-state index in [1.807, 2.05) is 12.1 Å². The zero-order valence-electron chi connectivity index (χ0n) is 9.89. The Balaban J connectivity index is 1.78. The highest BCUT2D eigenvalue weighted by molar-refractivity contribution is 9.11. The van der Waals surface area contributed by atoms with E-state index in [0.717, 1.165) is 20.0 Å². The van der Waals surface area contributed by atoms with Gasteiger partial charge in [-0.05, 0) is 34.1 Å². The fraction of sp³-hybridized carbons (Fsp3) is 0. The maximum absolute atomic E-state index is 12.0. The molecule has 0 atom stereocenters. The predicted octanol–water partition coefficient (Wildman–Crippen LogP) is 5.18. The van der Waals surface area contributed by atoms with E-state index in [1.165, 1.54) is 17.4 Å². The number of halogens is 3. The summed E-state index contributed by atoms with van der Waals surface area (Å²) in [6.07, 6.45) is 0. The second-order valence-electron chi connectivity index (χ2n) is 3.71. The highest BCUT2D eigenvalue weighted by Crippen LogP contribution is 2.33. The number of hydrogen-bond donors (Lipinski definition) is 1. The number of nitrogens with one attached hydrogen (secondary N) is 1. The van der Waals surface area contributed by atoms with Crippen LogP contribution >= 0.6 is 61.8 Å². The number of anilines is 1. The Kier molecular flexibility index (Phi) is 4.32. The lowest BCUT2D eigenvalue weighted by Gasteiger charge is -1.97. The average Bonchev–Trinajstić information content (AvgIpc) is 3.10. The van der Waals surface area contributed by atoms with E-state index < -0.39 is 5.91 Å². The van der Waals surface area contributed by atoms with Crippen molar-refractivity contribution in [3.8, 4) is 10.8 Å². The summed E-state index contributed by atoms with van der Waals surface area (Å²) >= 11 is 17.6. The molecule has 0 saturated heterocycles. The molecule has 0 unspecified atom stereocenters. The molecule has 3 aromatic rings. The topological polar surface area (TPSA) is 68.0 Å². The number of nitrogens with zero attached hydrogens (tertiary/aromatic N) is 2. The first kappa shape index (κ1) is 15.0. The highest BCUT2D eigenvalue weighted by atomic mass is 79.9. The summed E-state index contributed by atoms with van der Waals surface area (Å²) in [4.78, 5) is 12.8. The van der Waals surface area contributed by atoms with Crippen LogP contribution in [0.1, 0.15) is 10.4 Å². The molecule has 3 aromatic heterocycles. The summed E-state index contributed by atoms with van der Waals surface area (Å²) in [6.45, 7) is 0. The summed E-state index contributed by atoms with van der Waals surface area (Å²) in [7, 11) is 0. The monoisotopic (exact) mass is 423 g/mol. The molecule has 3 rings (SSSR count). The van der Waals surface area contributed by atoms with Gasteiger partial charge in [-0.2, -0.15) is 0 Å². The van der Waals surface area contributed by atoms with Crippen molar-refractivity contribution >= 4 is 73.7 Å². The minimum atomic E-state index is -0.453. The molecule has 0 saturated carbocycles. The van der Waals surface area contributed by atoms with Crippen LogP contribution in [0.4, 0.5) is 6.01 Å². The fourth-order valence-corrected chi connectivity index (χ4v) is 4.23. The molecule has 0 fully saturated rings. The molecule has 1 amide bonds. The average molecular weight is 425 g/mol. The fourth-order valence-electron chi connectivity index (χ4n) is 1.46. The molecule has 0 aromatic carbocycles. The van der Waals surface area contributed by atoms with E-state index >= 15 is 0 Å². The van der Waals surface area contributed by atoms with Gasteiger partial charge in [-0.1, -0.05) is 28.3 Å². The zero-order chi connectivity index (χ0) is 15.0. The molecule has 108 valence electrons. The number of hydrogen-bond acceptors (Lipinski definition) is 6. The number of amides is 1. The number of aromatic nitrogens is 2. The van der Waals surface area contributed by atoms with Crippen molar-refractivity contribution in [3.63, 3.8) is 0 Å². The van der Waals surface area contributed by atoms with Crippen LogP contribution in [-0.2, 0) is 0 Å². The van der Waals surface area contributed by atoms with Crippen molar-refractivity contribution in [1.29, 1.82) is 0 Å². The van der Waals surface area contributed by atoms with Crippen molar-refractivity contribution in [1.82, 2.24) is 10.2 Å². The molecule has 5 nitrogen and oxygen atoms in total. The molecular formula is C11H4BrCl2N3O2S2. The van der Waals surface area contributed by atoms with Gasteiger partial charge >= 0.3 is 6.01 Å². The number of thiophene rings is 2. The first-order chi connectivity index (χ1) is 10.0. The zero-order valence-corrected chi connectivity index (χ0v) is 14.6. The molecule has 21 heavy (non-hydrogen) atoms. The summed E-state index contributed by atoms with van der Waals surface area (Å²) in [5.74, 6) is -0.124. The quantitative estimate of drug-likeness (QED) is 0.628. The second kappa shape index (κ2) is 6.05. The largest absolute Gasteiger partial charge is 0.402 e. The van der Waals surface area contributed by atoms with Gasteiger partial charge in [0.05, 0.1) is 18.6 Å². The first-order valence-electron chi connectivity index (χ1n) is 5.38. The lowest BCUT2D eigenvalue weighted by Crippen LogP contribution is -2.11. The van der Waals surface area contributed by atoms with E-state index in [2.05, 4.69) is 31.4 Å². The third-order valence-corrected chi connectivity index (χ3v) is 5.43. The minimum absolute atomic E-state index is 0.00193. The third kappa shape index (κ3) is 3.29. The van der Waals surface area contributed by atoms with Crippen molar-refractivity contribution < 1.29 is 9.21 Å². The normalized spacial score (nSPS) is 10.8. The van der Waals surface area contributed by atoms with Gasteiger partial charge in [0.1, 0.15) is 4.34 Å². The van der Waals surface area contributed by atoms with E-state index in [9.17, 15) is 4.79 Å². The Morgan fingerprint density at radius 3 is 2.71 bits per heavy atom. The number of rotatable bonds is 3. The molecule has 0 spiro atoms. The predicted molar refractivity (Wildman–Crippen MR) is 87.6 cm³/mol. The molecule has 1 N–H and O–H groups in total. The maximum Gasteiger partial charge on any atom is 0.322 e. The molecule has 0 aliphatic carbocycles. The van der Waals surface area contributed by atoms with Gasteiger partial charge in [-0.25, -0.2) is 0 Å². The molecule has 3 heterocycles. The molecule has 0 aliphatic heterocycles. The summed E-state index contributed by atoms with van der Waals surface area (Å²) < 4.78 is 7.07. The van der Waals surface area contributed by atoms with Crippen LogP contribution in [0, 0.1) is 0 Å². The van der Waals surface area contributed by atoms with Gasteiger partial charge in [-0.15, -0.1) is 27.8 Å². The maximum atomic E-state index is 12.0. The Morgan fingerprint density at radius 2 is 2.10 bits per heavy atom. The van der Waals surface area contributed by atoms with Crippen LogP contribution in [-0.4, -0.2) is 16.1 Å². The van der Waals surface area contributed by atoms with Gasteiger partial charge in [0.15, 0.2) is 0 Å². The minimum Gasteiger partial charge on any atom is -0.402 e. The van der Waals surface area contributed by atoms with Crippen LogP contribution in [0.3, 0.4) is 0 Å². The van der Waals surface area contributed by atoms with E-state index in [-0.39, 0.29) is 11.6 Å². The molecular weight excluding hydrogens is 421 g/mol. The number of carbonyl (C=O) groups excluding carboxylic acids is 1. The van der Waals surface area contributed by atoms with Crippen LogP contribution < -0.4 is 5.32 Å². The van der Waals surface area contributed by atoms with Crippen molar-refractivity contribution in [2.45, 2.75) is 0 Å². The van der Waals surface area contributed by atoms with E-state index in [1.54, 1.807) is 0 Å². The van der Waals surface area contributed by atoms with Gasteiger partial charge in [0, 0.05) is 0 Å². The van der Waals surface area contributed by atoms with Crippen LogP contribution in [0.25, 0.3) is 10.8 Å². The third-order valence-electron chi connectivity index (χ3n) is 2.33. The van der Waals surface area contributed by atoms with Gasteiger partial charge < -0.3 is 4.42 Å². The Bertz CT molecular complexity index is 814. The van der Waals surface area contributed by atoms with Crippen molar-refractivity contribution in [2.75, 3.05) is 5.32 Å². The highest BCUT2D eigenvalue weighted by Gasteiger charge is 2.18. The van der Waals surface area contributed by atoms with Gasteiger partial charge in [0.2, 0.25) is 0 Å². The Labute approximate surface area is 145 Å². The molecule has 0 radical (unpaired) electrons. The second-order valence-corrected chi connectivity index (χ2v) is 8.46. The van der Waals surface area contributed by atoms with E-state index in [4.69, 9.17) is 27.6 Å². The SMILES string of the molecule is O=C(Nc1nnc(-c2ccc(Br)s2)o1)c1cc(Cl)sc1Cl. The van der Waals surface area contributed by atoms with Gasteiger partial charge in [0.25, 0.3) is 11.8 Å². The summed E-state index contributed by atoms with van der Waals surface area (Å²) in [5, 5.41) is 10.1. The molecule has 0 bridgehead atoms. The lowest BCUT2D eigenvalue weighted by molar-refractivity contribution is 0.102. The van der Waals surface area contributed by atoms with Crippen molar-refractivity contribution in [3.05, 3.63) is 36.2 Å².